The fourth-order valence-corrected chi connectivity index (χ4v) is 5.47. The topological polar surface area (TPSA) is 70.7 Å². The summed E-state index contributed by atoms with van der Waals surface area (Å²) in [6.07, 6.45) is 1.79. The number of aryl methyl sites for hydroxylation is 1. The van der Waals surface area contributed by atoms with E-state index in [0.29, 0.717) is 18.5 Å². The van der Waals surface area contributed by atoms with Crippen LogP contribution in [-0.2, 0) is 11.3 Å². The number of hydrogen-bond donors (Lipinski definition) is 2. The molecule has 0 spiro atoms. The first-order valence-corrected chi connectivity index (χ1v) is 13.0. The number of nitrogens with one attached hydrogen (secondary N) is 2. The number of rotatable bonds is 8. The second-order valence-electron chi connectivity index (χ2n) is 9.38. The molecule has 2 amide bonds. The fourth-order valence-electron chi connectivity index (χ4n) is 4.45. The molecule has 0 radical (unpaired) electrons. The summed E-state index contributed by atoms with van der Waals surface area (Å²) < 4.78 is 5.94. The minimum atomic E-state index is -0.149. The van der Waals surface area contributed by atoms with E-state index in [9.17, 15) is 9.59 Å². The molecular weight excluding hydrogens is 458 g/mol. The van der Waals surface area contributed by atoms with E-state index in [1.807, 2.05) is 49.1 Å². The van der Waals surface area contributed by atoms with Gasteiger partial charge in [-0.2, -0.15) is 0 Å². The van der Waals surface area contributed by atoms with E-state index in [0.717, 1.165) is 48.5 Å². The lowest BCUT2D eigenvalue weighted by Gasteiger charge is -2.28. The zero-order valence-corrected chi connectivity index (χ0v) is 21.0. The van der Waals surface area contributed by atoms with Crippen molar-refractivity contribution in [3.8, 4) is 16.2 Å². The molecule has 0 bridgehead atoms. The molecule has 7 heteroatoms. The van der Waals surface area contributed by atoms with Gasteiger partial charge in [0.05, 0.1) is 12.6 Å². The molecule has 0 unspecified atom stereocenters. The van der Waals surface area contributed by atoms with Crippen molar-refractivity contribution in [3.05, 3.63) is 76.2 Å². The third kappa shape index (κ3) is 5.41. The average Bonchev–Trinajstić information content (AvgIpc) is 3.46. The van der Waals surface area contributed by atoms with Crippen LogP contribution in [0.15, 0.2) is 54.6 Å². The molecule has 2 saturated heterocycles. The maximum Gasteiger partial charge on any atom is 0.252 e. The van der Waals surface area contributed by atoms with Crippen molar-refractivity contribution in [3.63, 3.8) is 0 Å². The normalized spacial score (nSPS) is 16.7. The Morgan fingerprint density at radius 2 is 2.06 bits per heavy atom. The molecule has 0 aliphatic carbocycles. The van der Waals surface area contributed by atoms with Crippen LogP contribution >= 0.6 is 11.3 Å². The van der Waals surface area contributed by atoms with E-state index < -0.39 is 0 Å². The molecular formula is C28H31N3O3S. The van der Waals surface area contributed by atoms with Gasteiger partial charge in [0.25, 0.3) is 5.91 Å². The molecule has 6 nitrogen and oxygen atoms in total. The van der Waals surface area contributed by atoms with Gasteiger partial charge in [0.2, 0.25) is 5.91 Å². The Morgan fingerprint density at radius 3 is 2.80 bits per heavy atom. The van der Waals surface area contributed by atoms with Gasteiger partial charge in [0, 0.05) is 41.4 Å². The number of carbonyl (C=O) groups is 2. The van der Waals surface area contributed by atoms with Gasteiger partial charge in [-0.15, -0.1) is 11.3 Å². The van der Waals surface area contributed by atoms with Gasteiger partial charge >= 0.3 is 0 Å². The number of thiophene rings is 1. The van der Waals surface area contributed by atoms with E-state index >= 15 is 0 Å². The van der Waals surface area contributed by atoms with Crippen LogP contribution in [0.3, 0.4) is 0 Å². The van der Waals surface area contributed by atoms with E-state index in [-0.39, 0.29) is 24.0 Å². The van der Waals surface area contributed by atoms with Crippen molar-refractivity contribution in [1.29, 1.82) is 0 Å². The summed E-state index contributed by atoms with van der Waals surface area (Å²) in [5.41, 5.74) is 3.72. The Balaban J connectivity index is 1.26. The third-order valence-electron chi connectivity index (χ3n) is 6.70. The molecule has 2 fully saturated rings. The maximum atomic E-state index is 13.1. The van der Waals surface area contributed by atoms with Crippen LogP contribution < -0.4 is 15.4 Å². The standard InChI is InChI=1S/C28H31N3O3S/c1-18-8-9-22(34-23-15-29-16-23)14-25(18)28(33)30-19(2)20-5-3-6-21(13-20)26-11-10-24(35-26)17-31-12-4-7-27(31)32/h3,5-6,8-11,13-14,19,23,29H,4,7,12,15-17H2,1-2H3,(H,30,33)/t19-/m1/s1. The molecule has 2 aliphatic rings. The summed E-state index contributed by atoms with van der Waals surface area (Å²) in [5.74, 6) is 0.871. The summed E-state index contributed by atoms with van der Waals surface area (Å²) in [7, 11) is 0. The molecule has 1 atom stereocenters. The maximum absolute atomic E-state index is 13.1. The molecule has 2 N–H and O–H groups in total. The predicted octanol–water partition coefficient (Wildman–Crippen LogP) is 4.69. The van der Waals surface area contributed by atoms with Gasteiger partial charge < -0.3 is 20.3 Å². The van der Waals surface area contributed by atoms with Crippen LogP contribution in [0.25, 0.3) is 10.4 Å². The summed E-state index contributed by atoms with van der Waals surface area (Å²) in [6, 6.07) is 18.1. The smallest absolute Gasteiger partial charge is 0.252 e. The Bertz CT molecular complexity index is 1230. The van der Waals surface area contributed by atoms with Crippen LogP contribution in [-0.4, -0.2) is 42.5 Å². The molecule has 35 heavy (non-hydrogen) atoms. The zero-order chi connectivity index (χ0) is 24.4. The second kappa shape index (κ2) is 10.2. The summed E-state index contributed by atoms with van der Waals surface area (Å²) in [6.45, 7) is 7.17. The Kier molecular flexibility index (Phi) is 6.88. The first-order valence-electron chi connectivity index (χ1n) is 12.2. The molecule has 2 aromatic carbocycles. The van der Waals surface area contributed by atoms with E-state index in [1.54, 1.807) is 11.3 Å². The molecule has 2 aliphatic heterocycles. The SMILES string of the molecule is Cc1ccc(OC2CNC2)cc1C(=O)N[C@H](C)c1cccc(-c2ccc(CN3CCCC3=O)s2)c1. The van der Waals surface area contributed by atoms with Gasteiger partial charge in [-0.25, -0.2) is 0 Å². The molecule has 5 rings (SSSR count). The largest absolute Gasteiger partial charge is 0.488 e. The van der Waals surface area contributed by atoms with Gasteiger partial charge in [-0.1, -0.05) is 24.3 Å². The average molecular weight is 490 g/mol. The highest BCUT2D eigenvalue weighted by Gasteiger charge is 2.22. The Hall–Kier alpha value is -3.16. The zero-order valence-electron chi connectivity index (χ0n) is 20.2. The van der Waals surface area contributed by atoms with Crippen LogP contribution in [0.1, 0.15) is 52.2 Å². The highest BCUT2D eigenvalue weighted by molar-refractivity contribution is 7.15. The van der Waals surface area contributed by atoms with Crippen LogP contribution in [0.5, 0.6) is 5.75 Å². The Morgan fingerprint density at radius 1 is 1.20 bits per heavy atom. The van der Waals surface area contributed by atoms with E-state index in [4.69, 9.17) is 4.74 Å². The molecule has 182 valence electrons. The number of ether oxygens (including phenoxy) is 1. The van der Waals surface area contributed by atoms with Crippen molar-refractivity contribution in [2.45, 2.75) is 45.4 Å². The second-order valence-corrected chi connectivity index (χ2v) is 10.5. The monoisotopic (exact) mass is 489 g/mol. The van der Waals surface area contributed by atoms with Crippen LogP contribution in [0.2, 0.25) is 0 Å². The summed E-state index contributed by atoms with van der Waals surface area (Å²) in [4.78, 5) is 29.4. The van der Waals surface area contributed by atoms with Crippen molar-refractivity contribution in [1.82, 2.24) is 15.5 Å². The lowest BCUT2D eigenvalue weighted by atomic mass is 10.0. The fraction of sp³-hybridized carbons (Fsp3) is 0.357. The summed E-state index contributed by atoms with van der Waals surface area (Å²) >= 11 is 1.72. The van der Waals surface area contributed by atoms with E-state index in [2.05, 4.69) is 34.9 Å². The first kappa shape index (κ1) is 23.6. The van der Waals surface area contributed by atoms with Gasteiger partial charge in [-0.3, -0.25) is 9.59 Å². The van der Waals surface area contributed by atoms with Gasteiger partial charge in [-0.05, 0) is 67.3 Å². The quantitative estimate of drug-likeness (QED) is 0.482. The number of likely N-dealkylation sites (tertiary alicyclic amines) is 1. The van der Waals surface area contributed by atoms with Crippen LogP contribution in [0, 0.1) is 6.92 Å². The van der Waals surface area contributed by atoms with Crippen LogP contribution in [0.4, 0.5) is 0 Å². The third-order valence-corrected chi connectivity index (χ3v) is 7.82. The van der Waals surface area contributed by atoms with Crippen molar-refractivity contribution in [2.75, 3.05) is 19.6 Å². The molecule has 0 saturated carbocycles. The number of benzene rings is 2. The van der Waals surface area contributed by atoms with E-state index in [1.165, 1.54) is 9.75 Å². The highest BCUT2D eigenvalue weighted by Crippen LogP contribution is 2.31. The number of nitrogens with zero attached hydrogens (tertiary/aromatic N) is 1. The Labute approximate surface area is 210 Å². The number of hydrogen-bond acceptors (Lipinski definition) is 5. The number of amides is 2. The van der Waals surface area contributed by atoms with Crippen molar-refractivity contribution in [2.24, 2.45) is 0 Å². The van der Waals surface area contributed by atoms with Crippen molar-refractivity contribution >= 4 is 23.2 Å². The van der Waals surface area contributed by atoms with Crippen molar-refractivity contribution < 1.29 is 14.3 Å². The highest BCUT2D eigenvalue weighted by atomic mass is 32.1. The number of carbonyl (C=O) groups excluding carboxylic acids is 2. The lowest BCUT2D eigenvalue weighted by molar-refractivity contribution is -0.128. The predicted molar refractivity (Wildman–Crippen MR) is 139 cm³/mol. The molecule has 1 aromatic heterocycles. The summed E-state index contributed by atoms with van der Waals surface area (Å²) in [5, 5.41) is 6.34. The van der Waals surface area contributed by atoms with Gasteiger partial charge in [0.1, 0.15) is 11.9 Å². The molecule has 3 aromatic rings. The molecule has 3 heterocycles. The minimum Gasteiger partial charge on any atom is -0.488 e. The van der Waals surface area contributed by atoms with Gasteiger partial charge in [0.15, 0.2) is 0 Å². The first-order chi connectivity index (χ1) is 17.0. The minimum absolute atomic E-state index is 0.105. The lowest BCUT2D eigenvalue weighted by Crippen LogP contribution is -2.50.